The van der Waals surface area contributed by atoms with Gasteiger partial charge in [0.15, 0.2) is 5.78 Å². The van der Waals surface area contributed by atoms with Gasteiger partial charge in [0.1, 0.15) is 11.9 Å². The van der Waals surface area contributed by atoms with E-state index >= 15 is 0 Å². The van der Waals surface area contributed by atoms with Crippen molar-refractivity contribution in [1.82, 2.24) is 0 Å². The third kappa shape index (κ3) is 2.66. The fourth-order valence-corrected chi connectivity index (χ4v) is 3.07. The maximum Gasteiger partial charge on any atom is 0.163 e. The molecule has 0 amide bonds. The molecule has 19 heavy (non-hydrogen) atoms. The second kappa shape index (κ2) is 5.33. The van der Waals surface area contributed by atoms with Crippen LogP contribution < -0.4 is 4.74 Å². The molecule has 0 spiro atoms. The maximum absolute atomic E-state index is 11.6. The van der Waals surface area contributed by atoms with Crippen molar-refractivity contribution >= 4 is 5.78 Å². The molecule has 1 aromatic rings. The Morgan fingerprint density at radius 1 is 1.11 bits per heavy atom. The summed E-state index contributed by atoms with van der Waals surface area (Å²) in [5.41, 5.74) is 1.93. The molecule has 2 aliphatic carbocycles. The highest BCUT2D eigenvalue weighted by Gasteiger charge is 2.24. The number of ether oxygens (including phenoxy) is 1. The molecule has 3 rings (SSSR count). The zero-order valence-electron chi connectivity index (χ0n) is 11.1. The molecule has 0 aliphatic heterocycles. The molecule has 102 valence electrons. The van der Waals surface area contributed by atoms with E-state index in [1.54, 1.807) is 0 Å². The predicted octanol–water partition coefficient (Wildman–Crippen LogP) is 2.89. The van der Waals surface area contributed by atoms with Gasteiger partial charge in [-0.05, 0) is 49.4 Å². The van der Waals surface area contributed by atoms with E-state index in [4.69, 9.17) is 4.74 Å². The number of ketones is 1. The fraction of sp³-hybridized carbons (Fsp3) is 0.562. The fourth-order valence-electron chi connectivity index (χ4n) is 3.07. The lowest BCUT2D eigenvalue weighted by molar-refractivity contribution is 0.0319. The van der Waals surface area contributed by atoms with E-state index in [1.807, 2.05) is 18.2 Å². The van der Waals surface area contributed by atoms with Gasteiger partial charge in [0.05, 0.1) is 6.10 Å². The van der Waals surface area contributed by atoms with E-state index in [9.17, 15) is 9.90 Å². The maximum atomic E-state index is 11.6. The van der Waals surface area contributed by atoms with Crippen molar-refractivity contribution in [2.75, 3.05) is 0 Å². The van der Waals surface area contributed by atoms with Crippen molar-refractivity contribution in [3.8, 4) is 5.75 Å². The lowest BCUT2D eigenvalue weighted by Gasteiger charge is -2.22. The number of carbonyl (C=O) groups is 1. The first-order chi connectivity index (χ1) is 9.24. The number of aryl methyl sites for hydroxylation is 1. The summed E-state index contributed by atoms with van der Waals surface area (Å²) in [6.07, 6.45) is 6.09. The first-order valence-electron chi connectivity index (χ1n) is 7.25. The Kier molecular flexibility index (Phi) is 3.56. The Morgan fingerprint density at radius 2 is 1.95 bits per heavy atom. The number of aliphatic hydroxyl groups is 1. The quantitative estimate of drug-likeness (QED) is 0.832. The second-order valence-corrected chi connectivity index (χ2v) is 5.60. The van der Waals surface area contributed by atoms with E-state index in [-0.39, 0.29) is 18.0 Å². The molecule has 1 aromatic carbocycles. The molecule has 0 aromatic heterocycles. The smallest absolute Gasteiger partial charge is 0.163 e. The van der Waals surface area contributed by atoms with Crippen LogP contribution in [0.25, 0.3) is 0 Å². The molecule has 2 atom stereocenters. The lowest BCUT2D eigenvalue weighted by Crippen LogP contribution is -2.30. The standard InChI is InChI=1S/C16H20O3/c17-14-9-6-11-10-12(7-8-13(11)14)19-16-5-3-1-2-4-15(16)18/h7-8,10,15-16,18H,1-6,9H2. The van der Waals surface area contributed by atoms with Crippen molar-refractivity contribution < 1.29 is 14.6 Å². The average Bonchev–Trinajstić information content (AvgIpc) is 2.65. The van der Waals surface area contributed by atoms with Gasteiger partial charge >= 0.3 is 0 Å². The van der Waals surface area contributed by atoms with Gasteiger partial charge in [-0.2, -0.15) is 0 Å². The SMILES string of the molecule is O=C1CCc2cc(OC3CCCCCC3O)ccc21. The Hall–Kier alpha value is -1.35. The molecule has 0 bridgehead atoms. The Balaban J connectivity index is 1.74. The van der Waals surface area contributed by atoms with Gasteiger partial charge in [-0.15, -0.1) is 0 Å². The van der Waals surface area contributed by atoms with Crippen LogP contribution in [0.3, 0.4) is 0 Å². The summed E-state index contributed by atoms with van der Waals surface area (Å²) in [5.74, 6) is 1.02. The number of carbonyl (C=O) groups excluding carboxylic acids is 1. The van der Waals surface area contributed by atoms with Gasteiger partial charge in [-0.1, -0.05) is 12.8 Å². The van der Waals surface area contributed by atoms with Crippen molar-refractivity contribution in [2.24, 2.45) is 0 Å². The number of rotatable bonds is 2. The first-order valence-corrected chi connectivity index (χ1v) is 7.25. The average molecular weight is 260 g/mol. The Bertz CT molecular complexity index is 481. The van der Waals surface area contributed by atoms with Crippen LogP contribution in [0.15, 0.2) is 18.2 Å². The summed E-state index contributed by atoms with van der Waals surface area (Å²) < 4.78 is 5.95. The minimum Gasteiger partial charge on any atom is -0.488 e. The van der Waals surface area contributed by atoms with Crippen LogP contribution in [-0.2, 0) is 6.42 Å². The zero-order valence-corrected chi connectivity index (χ0v) is 11.1. The van der Waals surface area contributed by atoms with E-state index < -0.39 is 0 Å². The van der Waals surface area contributed by atoms with E-state index in [0.29, 0.717) is 6.42 Å². The Labute approximate surface area is 113 Å². The van der Waals surface area contributed by atoms with Crippen LogP contribution in [-0.4, -0.2) is 23.1 Å². The first kappa shape index (κ1) is 12.7. The van der Waals surface area contributed by atoms with Crippen molar-refractivity contribution in [3.05, 3.63) is 29.3 Å². The van der Waals surface area contributed by atoms with Gasteiger partial charge in [0, 0.05) is 12.0 Å². The highest BCUT2D eigenvalue weighted by Crippen LogP contribution is 2.28. The molecular formula is C16H20O3. The van der Waals surface area contributed by atoms with Gasteiger partial charge in [0.25, 0.3) is 0 Å². The molecular weight excluding hydrogens is 240 g/mol. The van der Waals surface area contributed by atoms with E-state index in [1.165, 1.54) is 6.42 Å². The minimum atomic E-state index is -0.364. The molecule has 0 saturated heterocycles. The Morgan fingerprint density at radius 3 is 2.84 bits per heavy atom. The highest BCUT2D eigenvalue weighted by atomic mass is 16.5. The summed E-state index contributed by atoms with van der Waals surface area (Å²) in [7, 11) is 0. The van der Waals surface area contributed by atoms with Crippen LogP contribution >= 0.6 is 0 Å². The molecule has 0 radical (unpaired) electrons. The summed E-state index contributed by atoms with van der Waals surface area (Å²) >= 11 is 0. The lowest BCUT2D eigenvalue weighted by atomic mass is 10.1. The van der Waals surface area contributed by atoms with Gasteiger partial charge in [0.2, 0.25) is 0 Å². The van der Waals surface area contributed by atoms with Gasteiger partial charge < -0.3 is 9.84 Å². The highest BCUT2D eigenvalue weighted by molar-refractivity contribution is 6.00. The molecule has 2 unspecified atom stereocenters. The third-order valence-electron chi connectivity index (χ3n) is 4.20. The van der Waals surface area contributed by atoms with Crippen LogP contribution in [0.1, 0.15) is 54.4 Å². The number of Topliss-reactive ketones (excluding diaryl/α,β-unsaturated/α-hetero) is 1. The van der Waals surface area contributed by atoms with E-state index in [2.05, 4.69) is 0 Å². The number of fused-ring (bicyclic) bond motifs is 1. The summed E-state index contributed by atoms with van der Waals surface area (Å²) in [6, 6.07) is 5.70. The minimum absolute atomic E-state index is 0.0994. The molecule has 1 saturated carbocycles. The monoisotopic (exact) mass is 260 g/mol. The molecule has 0 heterocycles. The van der Waals surface area contributed by atoms with Gasteiger partial charge in [-0.3, -0.25) is 4.79 Å². The number of benzene rings is 1. The molecule has 1 N–H and O–H groups in total. The summed E-state index contributed by atoms with van der Waals surface area (Å²) in [4.78, 5) is 11.6. The van der Waals surface area contributed by atoms with Crippen LogP contribution in [0, 0.1) is 0 Å². The van der Waals surface area contributed by atoms with Crippen molar-refractivity contribution in [3.63, 3.8) is 0 Å². The van der Waals surface area contributed by atoms with Crippen molar-refractivity contribution in [2.45, 2.75) is 57.2 Å². The summed E-state index contributed by atoms with van der Waals surface area (Å²) in [5, 5.41) is 10.1. The number of hydrogen-bond donors (Lipinski definition) is 1. The number of aliphatic hydroxyl groups excluding tert-OH is 1. The molecule has 2 aliphatic rings. The molecule has 3 nitrogen and oxygen atoms in total. The third-order valence-corrected chi connectivity index (χ3v) is 4.20. The van der Waals surface area contributed by atoms with Crippen LogP contribution in [0.2, 0.25) is 0 Å². The largest absolute Gasteiger partial charge is 0.488 e. The second-order valence-electron chi connectivity index (χ2n) is 5.60. The van der Waals surface area contributed by atoms with Crippen LogP contribution in [0.4, 0.5) is 0 Å². The van der Waals surface area contributed by atoms with Crippen LogP contribution in [0.5, 0.6) is 5.75 Å². The molecule has 1 fully saturated rings. The summed E-state index contributed by atoms with van der Waals surface area (Å²) in [6.45, 7) is 0. The molecule has 3 heteroatoms. The van der Waals surface area contributed by atoms with Crippen molar-refractivity contribution in [1.29, 1.82) is 0 Å². The van der Waals surface area contributed by atoms with E-state index in [0.717, 1.165) is 49.0 Å². The van der Waals surface area contributed by atoms with Gasteiger partial charge in [-0.25, -0.2) is 0 Å². The normalized spacial score (nSPS) is 26.9. The topological polar surface area (TPSA) is 46.5 Å². The zero-order chi connectivity index (χ0) is 13.2. The number of hydrogen-bond acceptors (Lipinski definition) is 3. The predicted molar refractivity (Wildman–Crippen MR) is 72.6 cm³/mol.